The molecule has 4 aromatic rings. The van der Waals surface area contributed by atoms with Crippen LogP contribution in [0.2, 0.25) is 0 Å². The minimum absolute atomic E-state index is 0.0980. The van der Waals surface area contributed by atoms with E-state index in [1.54, 1.807) is 16.4 Å². The highest BCUT2D eigenvalue weighted by molar-refractivity contribution is 7.89. The molecule has 1 aromatic heterocycles. The van der Waals surface area contributed by atoms with E-state index in [4.69, 9.17) is 0 Å². The maximum atomic E-state index is 13.2. The SMILES string of the molecule is Cc1[nH]c2ccccc2c1C(=O)C[NH+]1CCN(S(=O)(=O)c2ccc3ccccc3c2)CC1. The number of rotatable bonds is 5. The quantitative estimate of drug-likeness (QED) is 0.461. The summed E-state index contributed by atoms with van der Waals surface area (Å²) in [6, 6.07) is 20.9. The second-order valence-electron chi connectivity index (χ2n) is 8.43. The summed E-state index contributed by atoms with van der Waals surface area (Å²) < 4.78 is 27.9. The van der Waals surface area contributed by atoms with E-state index in [0.29, 0.717) is 37.6 Å². The predicted octanol–water partition coefficient (Wildman–Crippen LogP) is 2.40. The molecule has 0 amide bonds. The number of aromatic nitrogens is 1. The number of quaternary nitrogens is 1. The summed E-state index contributed by atoms with van der Waals surface area (Å²) in [5, 5.41) is 2.89. The minimum atomic E-state index is -3.55. The first kappa shape index (κ1) is 20.9. The van der Waals surface area contributed by atoms with Gasteiger partial charge in [0, 0.05) is 16.6 Å². The van der Waals surface area contributed by atoms with Crippen LogP contribution in [0.15, 0.2) is 71.6 Å². The third-order valence-electron chi connectivity index (χ3n) is 6.37. The summed E-state index contributed by atoms with van der Waals surface area (Å²) in [6.45, 7) is 4.33. The molecule has 7 heteroatoms. The average Bonchev–Trinajstić information content (AvgIpc) is 3.15. The second-order valence-corrected chi connectivity index (χ2v) is 10.4. The Labute approximate surface area is 187 Å². The van der Waals surface area contributed by atoms with Gasteiger partial charge in [-0.2, -0.15) is 4.31 Å². The van der Waals surface area contributed by atoms with Gasteiger partial charge in [-0.3, -0.25) is 4.79 Å². The van der Waals surface area contributed by atoms with Crippen LogP contribution < -0.4 is 4.90 Å². The predicted molar refractivity (Wildman–Crippen MR) is 126 cm³/mol. The Bertz CT molecular complexity index is 1420. The summed E-state index contributed by atoms with van der Waals surface area (Å²) in [5.41, 5.74) is 2.60. The molecule has 0 saturated carbocycles. The van der Waals surface area contributed by atoms with Crippen molar-refractivity contribution in [2.45, 2.75) is 11.8 Å². The van der Waals surface area contributed by atoms with Crippen LogP contribution in [0.4, 0.5) is 0 Å². The van der Waals surface area contributed by atoms with Crippen LogP contribution in [0.3, 0.4) is 0 Å². The maximum absolute atomic E-state index is 13.2. The molecule has 5 rings (SSSR count). The molecule has 0 bridgehead atoms. The molecular formula is C25H26N3O3S+. The van der Waals surface area contributed by atoms with Crippen molar-refractivity contribution >= 4 is 37.5 Å². The Morgan fingerprint density at radius 2 is 1.66 bits per heavy atom. The number of H-pyrrole nitrogens is 1. The van der Waals surface area contributed by atoms with E-state index in [0.717, 1.165) is 37.8 Å². The van der Waals surface area contributed by atoms with E-state index < -0.39 is 10.0 Å². The number of aromatic amines is 1. The smallest absolute Gasteiger partial charge is 0.243 e. The van der Waals surface area contributed by atoms with Gasteiger partial charge < -0.3 is 9.88 Å². The van der Waals surface area contributed by atoms with Gasteiger partial charge in [-0.25, -0.2) is 8.42 Å². The fourth-order valence-corrected chi connectivity index (χ4v) is 6.13. The molecule has 0 aliphatic carbocycles. The lowest BCUT2D eigenvalue weighted by atomic mass is 10.1. The van der Waals surface area contributed by atoms with Crippen molar-refractivity contribution in [1.29, 1.82) is 0 Å². The molecule has 1 aliphatic rings. The number of ketones is 1. The summed E-state index contributed by atoms with van der Waals surface area (Å²) in [5.74, 6) is 0.0980. The number of para-hydroxylation sites is 1. The molecule has 164 valence electrons. The number of nitrogens with one attached hydrogen (secondary N) is 2. The van der Waals surface area contributed by atoms with Crippen LogP contribution in [0.1, 0.15) is 16.1 Å². The van der Waals surface area contributed by atoms with E-state index in [1.807, 2.05) is 61.5 Å². The zero-order valence-electron chi connectivity index (χ0n) is 18.0. The third kappa shape index (κ3) is 3.72. The van der Waals surface area contributed by atoms with Gasteiger partial charge in [0.05, 0.1) is 36.6 Å². The fourth-order valence-electron chi connectivity index (χ4n) is 4.65. The van der Waals surface area contributed by atoms with E-state index in [1.165, 1.54) is 0 Å². The van der Waals surface area contributed by atoms with Gasteiger partial charge in [-0.05, 0) is 35.9 Å². The van der Waals surface area contributed by atoms with Crippen molar-refractivity contribution in [2.75, 3.05) is 32.7 Å². The van der Waals surface area contributed by atoms with Crippen LogP contribution in [-0.4, -0.2) is 56.2 Å². The Morgan fingerprint density at radius 1 is 0.969 bits per heavy atom. The topological polar surface area (TPSA) is 74.7 Å². The highest BCUT2D eigenvalue weighted by atomic mass is 32.2. The molecular weight excluding hydrogens is 422 g/mol. The van der Waals surface area contributed by atoms with E-state index in [9.17, 15) is 13.2 Å². The standard InChI is InChI=1S/C25H25N3O3S/c1-18-25(22-8-4-5-9-23(22)26-18)24(29)17-27-12-14-28(15-13-27)32(30,31)21-11-10-19-6-2-3-7-20(19)16-21/h2-11,16,26H,12-15,17H2,1H3/p+1. The minimum Gasteiger partial charge on any atom is -0.358 e. The lowest BCUT2D eigenvalue weighted by Crippen LogP contribution is -3.15. The van der Waals surface area contributed by atoms with E-state index >= 15 is 0 Å². The summed E-state index contributed by atoms with van der Waals surface area (Å²) in [6.07, 6.45) is 0. The van der Waals surface area contributed by atoms with Gasteiger partial charge in [0.15, 0.2) is 0 Å². The Balaban J connectivity index is 1.28. The summed E-state index contributed by atoms with van der Waals surface area (Å²) in [7, 11) is -3.55. The van der Waals surface area contributed by atoms with Gasteiger partial charge in [-0.1, -0.05) is 48.5 Å². The van der Waals surface area contributed by atoms with Crippen molar-refractivity contribution in [3.8, 4) is 0 Å². The molecule has 0 atom stereocenters. The number of piperazine rings is 1. The van der Waals surface area contributed by atoms with Gasteiger partial charge in [0.25, 0.3) is 0 Å². The number of aryl methyl sites for hydroxylation is 1. The first-order chi connectivity index (χ1) is 15.4. The van der Waals surface area contributed by atoms with Crippen LogP contribution >= 0.6 is 0 Å². The van der Waals surface area contributed by atoms with Crippen molar-refractivity contribution in [2.24, 2.45) is 0 Å². The lowest BCUT2D eigenvalue weighted by molar-refractivity contribution is -0.895. The molecule has 0 unspecified atom stereocenters. The normalized spacial score (nSPS) is 16.0. The van der Waals surface area contributed by atoms with Gasteiger partial charge in [0.2, 0.25) is 15.8 Å². The molecule has 0 spiro atoms. The number of hydrogen-bond acceptors (Lipinski definition) is 3. The zero-order valence-corrected chi connectivity index (χ0v) is 18.8. The fraction of sp³-hybridized carbons (Fsp3) is 0.240. The van der Waals surface area contributed by atoms with Crippen molar-refractivity contribution in [3.63, 3.8) is 0 Å². The average molecular weight is 449 g/mol. The molecule has 2 heterocycles. The molecule has 6 nitrogen and oxygen atoms in total. The zero-order chi connectivity index (χ0) is 22.3. The Morgan fingerprint density at radius 3 is 2.44 bits per heavy atom. The molecule has 1 saturated heterocycles. The van der Waals surface area contributed by atoms with Crippen LogP contribution in [0.5, 0.6) is 0 Å². The highest BCUT2D eigenvalue weighted by Gasteiger charge is 2.32. The lowest BCUT2D eigenvalue weighted by Gasteiger charge is -2.31. The van der Waals surface area contributed by atoms with Crippen molar-refractivity contribution in [3.05, 3.63) is 78.0 Å². The monoisotopic (exact) mass is 448 g/mol. The first-order valence-electron chi connectivity index (χ1n) is 10.9. The summed E-state index contributed by atoms with van der Waals surface area (Å²) >= 11 is 0. The molecule has 3 aromatic carbocycles. The van der Waals surface area contributed by atoms with E-state index in [-0.39, 0.29) is 5.78 Å². The van der Waals surface area contributed by atoms with Gasteiger partial charge in [0.1, 0.15) is 6.54 Å². The van der Waals surface area contributed by atoms with Gasteiger partial charge >= 0.3 is 0 Å². The Kier molecular flexibility index (Phi) is 5.33. The molecule has 0 radical (unpaired) electrons. The number of carbonyl (C=O) groups excluding carboxylic acids is 1. The number of sulfonamides is 1. The number of Topliss-reactive ketones (excluding diaryl/α,β-unsaturated/α-hetero) is 1. The number of nitrogens with zero attached hydrogens (tertiary/aromatic N) is 1. The molecule has 2 N–H and O–H groups in total. The number of fused-ring (bicyclic) bond motifs is 2. The van der Waals surface area contributed by atoms with Gasteiger partial charge in [-0.15, -0.1) is 0 Å². The van der Waals surface area contributed by atoms with E-state index in [2.05, 4.69) is 4.98 Å². The third-order valence-corrected chi connectivity index (χ3v) is 8.27. The largest absolute Gasteiger partial charge is 0.358 e. The Hall–Kier alpha value is -3.00. The molecule has 1 fully saturated rings. The van der Waals surface area contributed by atoms with Crippen LogP contribution in [0.25, 0.3) is 21.7 Å². The first-order valence-corrected chi connectivity index (χ1v) is 12.3. The van der Waals surface area contributed by atoms with Crippen LogP contribution in [-0.2, 0) is 10.0 Å². The van der Waals surface area contributed by atoms with Crippen LogP contribution in [0, 0.1) is 6.92 Å². The number of benzene rings is 3. The number of carbonyl (C=O) groups is 1. The summed E-state index contributed by atoms with van der Waals surface area (Å²) in [4.78, 5) is 17.8. The van der Waals surface area contributed by atoms with Crippen molar-refractivity contribution < 1.29 is 18.1 Å². The molecule has 1 aliphatic heterocycles. The van der Waals surface area contributed by atoms with Crippen molar-refractivity contribution in [1.82, 2.24) is 9.29 Å². The maximum Gasteiger partial charge on any atom is 0.243 e. The highest BCUT2D eigenvalue weighted by Crippen LogP contribution is 2.23. The second kappa shape index (κ2) is 8.16. The molecule has 32 heavy (non-hydrogen) atoms. The number of hydrogen-bond donors (Lipinski definition) is 2.